The first kappa shape index (κ1) is 12.1. The van der Waals surface area contributed by atoms with E-state index in [1.165, 1.54) is 0 Å². The van der Waals surface area contributed by atoms with E-state index < -0.39 is 22.4 Å². The number of hydrogen-bond donors (Lipinski definition) is 1. The second-order valence-corrected chi connectivity index (χ2v) is 3.13. The molecule has 1 aliphatic rings. The number of nitrogens with zero attached hydrogens (tertiary/aromatic N) is 2. The molecule has 1 unspecified atom stereocenters. The molecule has 1 fully saturated rings. The van der Waals surface area contributed by atoms with Crippen molar-refractivity contribution in [3.8, 4) is 0 Å². The van der Waals surface area contributed by atoms with Gasteiger partial charge >= 0.3 is 10.5 Å². The van der Waals surface area contributed by atoms with Gasteiger partial charge in [0.05, 0.1) is 6.54 Å². The second kappa shape index (κ2) is 4.40. The third-order valence-electron chi connectivity index (χ3n) is 1.35. The van der Waals surface area contributed by atoms with Crippen LogP contribution in [-0.4, -0.2) is 36.9 Å². The van der Waals surface area contributed by atoms with Gasteiger partial charge in [0.2, 0.25) is 11.0 Å². The van der Waals surface area contributed by atoms with Gasteiger partial charge in [0.1, 0.15) is 6.04 Å². The summed E-state index contributed by atoms with van der Waals surface area (Å²) < 4.78 is 23.0. The van der Waals surface area contributed by atoms with Crippen LogP contribution in [0.5, 0.6) is 0 Å². The molecule has 1 rings (SSSR count). The van der Waals surface area contributed by atoms with E-state index >= 15 is 0 Å². The normalized spacial score (nSPS) is 19.9. The third-order valence-corrected chi connectivity index (χ3v) is 2.10. The Morgan fingerprint density at radius 1 is 1.69 bits per heavy atom. The molecule has 1 saturated heterocycles. The van der Waals surface area contributed by atoms with Crippen molar-refractivity contribution in [2.75, 3.05) is 6.54 Å². The molecular formula is C5H9N3O3S2. The van der Waals surface area contributed by atoms with Gasteiger partial charge < -0.3 is 5.73 Å². The summed E-state index contributed by atoms with van der Waals surface area (Å²) in [7, 11) is -2.61. The van der Waals surface area contributed by atoms with E-state index in [0.29, 0.717) is 0 Å². The molecule has 2 N–H and O–H groups in total. The minimum absolute atomic E-state index is 0. The van der Waals surface area contributed by atoms with Gasteiger partial charge in [-0.1, -0.05) is 7.43 Å². The van der Waals surface area contributed by atoms with Crippen LogP contribution in [0.2, 0.25) is 0 Å². The van der Waals surface area contributed by atoms with Gasteiger partial charge in [0.25, 0.3) is 0 Å². The predicted octanol–water partition coefficient (Wildman–Crippen LogP) is -0.860. The lowest BCUT2D eigenvalue weighted by molar-refractivity contribution is -0.136. The summed E-state index contributed by atoms with van der Waals surface area (Å²) >= 11 is 4.52. The Labute approximate surface area is 82.4 Å². The Morgan fingerprint density at radius 3 is 2.54 bits per heavy atom. The Bertz CT molecular complexity index is 353. The summed E-state index contributed by atoms with van der Waals surface area (Å²) in [6.07, 6.45) is 0. The fraction of sp³-hybridized carbons (Fsp3) is 0.600. The van der Waals surface area contributed by atoms with E-state index in [2.05, 4.69) is 16.6 Å². The van der Waals surface area contributed by atoms with Crippen molar-refractivity contribution >= 4 is 33.7 Å². The molecule has 0 aromatic carbocycles. The minimum Gasteiger partial charge on any atom is -0.318 e. The molecular weight excluding hydrogens is 214 g/mol. The zero-order valence-corrected chi connectivity index (χ0v) is 7.43. The quantitative estimate of drug-likeness (QED) is 0.426. The average Bonchev–Trinajstić information content (AvgIpc) is 1.97. The van der Waals surface area contributed by atoms with E-state index in [1.807, 2.05) is 0 Å². The van der Waals surface area contributed by atoms with Crippen molar-refractivity contribution in [2.45, 2.75) is 13.5 Å². The summed E-state index contributed by atoms with van der Waals surface area (Å²) in [6.45, 7) is 0.234. The molecule has 0 aliphatic carbocycles. The monoisotopic (exact) mass is 223 g/mol. The zero-order valence-electron chi connectivity index (χ0n) is 5.80. The smallest absolute Gasteiger partial charge is 0.318 e. The van der Waals surface area contributed by atoms with E-state index in [-0.39, 0.29) is 19.1 Å². The highest BCUT2D eigenvalue weighted by Crippen LogP contribution is 2.09. The highest BCUT2D eigenvalue weighted by atomic mass is 32.2. The van der Waals surface area contributed by atoms with Gasteiger partial charge in [-0.3, -0.25) is 9.69 Å². The molecule has 13 heavy (non-hydrogen) atoms. The summed E-state index contributed by atoms with van der Waals surface area (Å²) in [4.78, 5) is 11.9. The number of β-lactam (4-membered cyclic amide) rings is 1. The maximum Gasteiger partial charge on any atom is 0.318 e. The van der Waals surface area contributed by atoms with Gasteiger partial charge in [-0.05, 0) is 12.2 Å². The van der Waals surface area contributed by atoms with E-state index in [9.17, 15) is 13.2 Å². The Morgan fingerprint density at radius 2 is 2.23 bits per heavy atom. The van der Waals surface area contributed by atoms with Gasteiger partial charge in [0.15, 0.2) is 0 Å². The molecule has 6 nitrogen and oxygen atoms in total. The van der Waals surface area contributed by atoms with Crippen LogP contribution in [0.4, 0.5) is 0 Å². The lowest BCUT2D eigenvalue weighted by Crippen LogP contribution is -2.62. The van der Waals surface area contributed by atoms with Gasteiger partial charge in [0, 0.05) is 0 Å². The van der Waals surface area contributed by atoms with E-state index in [0.717, 1.165) is 4.90 Å². The van der Waals surface area contributed by atoms with Crippen LogP contribution in [0, 0.1) is 0 Å². The Kier molecular flexibility index (Phi) is 4.11. The largest absolute Gasteiger partial charge is 0.318 e. The molecule has 0 saturated carbocycles. The third kappa shape index (κ3) is 2.54. The zero-order chi connectivity index (χ0) is 9.30. The lowest BCUT2D eigenvalue weighted by Gasteiger charge is -2.33. The molecule has 1 atom stereocenters. The van der Waals surface area contributed by atoms with Gasteiger partial charge in [-0.15, -0.1) is 4.36 Å². The molecule has 0 aromatic rings. The summed E-state index contributed by atoms with van der Waals surface area (Å²) in [5.41, 5.74) is 5.23. The topological polar surface area (TPSA) is 92.8 Å². The molecule has 0 spiro atoms. The number of thiocarbonyl (C=S) groups is 1. The maximum absolute atomic E-state index is 10.8. The number of carbonyl (C=O) groups is 1. The minimum atomic E-state index is -2.61. The molecule has 1 amide bonds. The summed E-state index contributed by atoms with van der Waals surface area (Å²) in [6, 6.07) is -0.571. The molecule has 1 heterocycles. The first-order valence-corrected chi connectivity index (χ1v) is 4.38. The Balaban J connectivity index is 0.00000144. The van der Waals surface area contributed by atoms with Crippen LogP contribution >= 0.6 is 12.2 Å². The first-order valence-electron chi connectivity index (χ1n) is 2.94. The number of hydrogen-bond acceptors (Lipinski definition) is 5. The SMILES string of the molecule is C.NC1CN(C(=S)N=S(=O)=O)C1=O. The van der Waals surface area contributed by atoms with Crippen LogP contribution in [0.1, 0.15) is 7.43 Å². The van der Waals surface area contributed by atoms with Crippen LogP contribution in [0.15, 0.2) is 4.36 Å². The van der Waals surface area contributed by atoms with Crippen molar-refractivity contribution in [1.29, 1.82) is 0 Å². The second-order valence-electron chi connectivity index (χ2n) is 2.15. The molecule has 8 heteroatoms. The summed E-state index contributed by atoms with van der Waals surface area (Å²) in [5, 5.41) is -0.255. The van der Waals surface area contributed by atoms with Gasteiger partial charge in [-0.2, -0.15) is 8.42 Å². The van der Waals surface area contributed by atoms with Crippen molar-refractivity contribution in [2.24, 2.45) is 10.1 Å². The number of carbonyl (C=O) groups excluding carboxylic acids is 1. The molecule has 0 radical (unpaired) electrons. The predicted molar refractivity (Wildman–Crippen MR) is 50.4 cm³/mol. The lowest BCUT2D eigenvalue weighted by atomic mass is 10.1. The van der Waals surface area contributed by atoms with Crippen LogP contribution in [-0.2, 0) is 15.3 Å². The molecule has 0 bridgehead atoms. The van der Waals surface area contributed by atoms with Gasteiger partial charge in [-0.25, -0.2) is 0 Å². The first-order chi connectivity index (χ1) is 5.52. The maximum atomic E-state index is 10.8. The van der Waals surface area contributed by atoms with Crippen molar-refractivity contribution < 1.29 is 13.2 Å². The van der Waals surface area contributed by atoms with Crippen LogP contribution < -0.4 is 5.73 Å². The number of likely N-dealkylation sites (tertiary alicyclic amines) is 1. The van der Waals surface area contributed by atoms with Crippen LogP contribution in [0.25, 0.3) is 0 Å². The number of amides is 1. The molecule has 0 aromatic heterocycles. The van der Waals surface area contributed by atoms with Crippen molar-refractivity contribution in [1.82, 2.24) is 4.90 Å². The standard InChI is InChI=1S/C4H5N3O3S2.CH4/c5-2-1-7(3(2)8)4(11)6-12(9)10;/h2H,1,5H2;1H4. The number of nitrogens with two attached hydrogens (primary N) is 1. The fourth-order valence-electron chi connectivity index (χ4n) is 0.738. The van der Waals surface area contributed by atoms with Crippen molar-refractivity contribution in [3.05, 3.63) is 0 Å². The van der Waals surface area contributed by atoms with Crippen LogP contribution in [0.3, 0.4) is 0 Å². The molecule has 74 valence electrons. The molecule has 1 aliphatic heterocycles. The van der Waals surface area contributed by atoms with Crippen molar-refractivity contribution in [3.63, 3.8) is 0 Å². The highest BCUT2D eigenvalue weighted by molar-refractivity contribution is 7.81. The highest BCUT2D eigenvalue weighted by Gasteiger charge is 2.36. The Hall–Kier alpha value is -0.860. The average molecular weight is 223 g/mol. The number of rotatable bonds is 0. The van der Waals surface area contributed by atoms with E-state index in [1.54, 1.807) is 0 Å². The summed E-state index contributed by atoms with van der Waals surface area (Å²) in [5.74, 6) is -0.394. The van der Waals surface area contributed by atoms with E-state index in [4.69, 9.17) is 5.73 Å². The fourth-order valence-corrected chi connectivity index (χ4v) is 1.31.